The van der Waals surface area contributed by atoms with Crippen molar-refractivity contribution >= 4 is 38.6 Å². The normalized spacial score (nSPS) is 10.9. The smallest absolute Gasteiger partial charge is 0.267 e. The molecule has 7 nitrogen and oxygen atoms in total. The van der Waals surface area contributed by atoms with E-state index in [2.05, 4.69) is 31.2 Å². The lowest BCUT2D eigenvalue weighted by atomic mass is 10.2. The maximum Gasteiger partial charge on any atom is 0.267 e. The number of nitrogens with one attached hydrogen (secondary N) is 2. The first-order valence-electron chi connectivity index (χ1n) is 10.3. The van der Waals surface area contributed by atoms with Crippen LogP contribution in [0.3, 0.4) is 0 Å². The van der Waals surface area contributed by atoms with Crippen molar-refractivity contribution in [2.75, 3.05) is 5.32 Å². The SMILES string of the molecule is O=C(Nc1cc(F)c(Oc2ccnc3[nH]ccc23)cc1Br)c1cccn(-c2ccc(F)cc2)c1=O. The minimum Gasteiger partial charge on any atom is -0.453 e. The molecular weight excluding hydrogens is 522 g/mol. The predicted octanol–water partition coefficient (Wildman–Crippen LogP) is 5.80. The number of hydrogen-bond acceptors (Lipinski definition) is 4. The van der Waals surface area contributed by atoms with Crippen LogP contribution in [-0.2, 0) is 0 Å². The second-order valence-electron chi connectivity index (χ2n) is 7.44. The van der Waals surface area contributed by atoms with Gasteiger partial charge >= 0.3 is 0 Å². The zero-order chi connectivity index (χ0) is 24.5. The van der Waals surface area contributed by atoms with E-state index in [1.54, 1.807) is 18.3 Å². The molecule has 2 N–H and O–H groups in total. The standard InChI is InChI=1S/C25H15BrF2N4O3/c26-18-12-22(35-21-8-10-30-23-16(21)7-9-29-23)19(28)13-20(18)31-24(33)17-2-1-11-32(25(17)34)15-5-3-14(27)4-6-15/h1-13H,(H,29,30)(H,31,33). The van der Waals surface area contributed by atoms with E-state index < -0.39 is 23.1 Å². The second-order valence-corrected chi connectivity index (χ2v) is 8.30. The molecule has 0 bridgehead atoms. The summed E-state index contributed by atoms with van der Waals surface area (Å²) in [4.78, 5) is 32.9. The number of carbonyl (C=O) groups excluding carboxylic acids is 1. The highest BCUT2D eigenvalue weighted by molar-refractivity contribution is 9.10. The first kappa shape index (κ1) is 22.5. The highest BCUT2D eigenvalue weighted by Gasteiger charge is 2.17. The largest absolute Gasteiger partial charge is 0.453 e. The van der Waals surface area contributed by atoms with Gasteiger partial charge in [0.2, 0.25) is 0 Å². The lowest BCUT2D eigenvalue weighted by molar-refractivity contribution is 0.102. The summed E-state index contributed by atoms with van der Waals surface area (Å²) in [6.07, 6.45) is 4.70. The summed E-state index contributed by atoms with van der Waals surface area (Å²) in [7, 11) is 0. The molecule has 0 aliphatic heterocycles. The van der Waals surface area contributed by atoms with Crippen LogP contribution in [-0.4, -0.2) is 20.4 Å². The Morgan fingerprint density at radius 3 is 2.66 bits per heavy atom. The third-order valence-electron chi connectivity index (χ3n) is 5.21. The molecule has 0 unspecified atom stereocenters. The molecule has 0 saturated carbocycles. The zero-order valence-corrected chi connectivity index (χ0v) is 19.3. The number of nitrogens with zero attached hydrogens (tertiary/aromatic N) is 2. The Kier molecular flexibility index (Phi) is 5.87. The lowest BCUT2D eigenvalue weighted by Gasteiger charge is -2.13. The van der Waals surface area contributed by atoms with E-state index in [0.29, 0.717) is 26.9 Å². The van der Waals surface area contributed by atoms with E-state index in [-0.39, 0.29) is 17.0 Å². The molecule has 1 amide bonds. The number of carbonyl (C=O) groups is 1. The average Bonchev–Trinajstić information content (AvgIpc) is 3.33. The predicted molar refractivity (Wildman–Crippen MR) is 130 cm³/mol. The summed E-state index contributed by atoms with van der Waals surface area (Å²) in [5, 5.41) is 3.23. The van der Waals surface area contributed by atoms with E-state index in [0.717, 1.165) is 6.07 Å². The van der Waals surface area contributed by atoms with Crippen molar-refractivity contribution in [2.45, 2.75) is 0 Å². The van der Waals surface area contributed by atoms with Crippen LogP contribution in [0.2, 0.25) is 0 Å². The maximum absolute atomic E-state index is 14.9. The highest BCUT2D eigenvalue weighted by atomic mass is 79.9. The van der Waals surface area contributed by atoms with Gasteiger partial charge in [0.1, 0.15) is 22.8 Å². The molecule has 5 rings (SSSR count). The number of amides is 1. The number of pyridine rings is 2. The number of halogens is 3. The van der Waals surface area contributed by atoms with Crippen molar-refractivity contribution in [3.05, 3.63) is 111 Å². The Morgan fingerprint density at radius 2 is 1.86 bits per heavy atom. The Balaban J connectivity index is 1.41. The molecule has 35 heavy (non-hydrogen) atoms. The Labute approximate surface area is 205 Å². The van der Waals surface area contributed by atoms with Crippen molar-refractivity contribution < 1.29 is 18.3 Å². The quantitative estimate of drug-likeness (QED) is 0.297. The number of fused-ring (bicyclic) bond motifs is 1. The van der Waals surface area contributed by atoms with Crippen molar-refractivity contribution in [1.29, 1.82) is 0 Å². The van der Waals surface area contributed by atoms with Gasteiger partial charge in [-0.3, -0.25) is 14.2 Å². The summed E-state index contributed by atoms with van der Waals surface area (Å²) in [6.45, 7) is 0. The summed E-state index contributed by atoms with van der Waals surface area (Å²) in [5.74, 6) is -1.56. The number of aromatic nitrogens is 3. The molecule has 0 radical (unpaired) electrons. The first-order chi connectivity index (χ1) is 16.9. The molecule has 0 saturated heterocycles. The lowest BCUT2D eigenvalue weighted by Crippen LogP contribution is -2.27. The Hall–Kier alpha value is -4.31. The van der Waals surface area contributed by atoms with Gasteiger partial charge < -0.3 is 15.0 Å². The van der Waals surface area contributed by atoms with Crippen molar-refractivity contribution in [3.63, 3.8) is 0 Å². The van der Waals surface area contributed by atoms with Gasteiger partial charge in [0.15, 0.2) is 11.6 Å². The van der Waals surface area contributed by atoms with Crippen LogP contribution in [0.15, 0.2) is 88.5 Å². The Morgan fingerprint density at radius 1 is 1.06 bits per heavy atom. The number of hydrogen-bond donors (Lipinski definition) is 2. The molecule has 174 valence electrons. The Bertz CT molecular complexity index is 1630. The van der Waals surface area contributed by atoms with Gasteiger partial charge in [-0.05, 0) is 64.5 Å². The molecule has 0 fully saturated rings. The second kappa shape index (κ2) is 9.15. The molecule has 0 aliphatic rings. The van der Waals surface area contributed by atoms with Gasteiger partial charge in [-0.2, -0.15) is 0 Å². The molecule has 0 aliphatic carbocycles. The fourth-order valence-corrected chi connectivity index (χ4v) is 3.93. The third kappa shape index (κ3) is 4.43. The molecule has 5 aromatic rings. The number of rotatable bonds is 5. The van der Waals surface area contributed by atoms with Gasteiger partial charge in [0, 0.05) is 40.9 Å². The van der Waals surface area contributed by atoms with Gasteiger partial charge in [-0.1, -0.05) is 0 Å². The van der Waals surface area contributed by atoms with E-state index in [4.69, 9.17) is 4.74 Å². The van der Waals surface area contributed by atoms with Crippen LogP contribution in [0.4, 0.5) is 14.5 Å². The topological polar surface area (TPSA) is 89.0 Å². The van der Waals surface area contributed by atoms with Crippen LogP contribution in [0.5, 0.6) is 11.5 Å². The van der Waals surface area contributed by atoms with E-state index in [1.165, 1.54) is 59.4 Å². The maximum atomic E-state index is 14.9. The molecule has 10 heteroatoms. The average molecular weight is 537 g/mol. The van der Waals surface area contributed by atoms with Crippen LogP contribution in [0.25, 0.3) is 16.7 Å². The van der Waals surface area contributed by atoms with E-state index >= 15 is 0 Å². The molecule has 2 aromatic carbocycles. The van der Waals surface area contributed by atoms with Crippen LogP contribution < -0.4 is 15.6 Å². The van der Waals surface area contributed by atoms with Gasteiger partial charge in [0.05, 0.1) is 11.1 Å². The number of aromatic amines is 1. The number of anilines is 1. The van der Waals surface area contributed by atoms with E-state index in [1.807, 2.05) is 0 Å². The van der Waals surface area contributed by atoms with Crippen LogP contribution >= 0.6 is 15.9 Å². The number of H-pyrrole nitrogens is 1. The summed E-state index contributed by atoms with van der Waals surface area (Å²) in [5.41, 5.74) is 0.322. The van der Waals surface area contributed by atoms with Gasteiger partial charge in [-0.25, -0.2) is 13.8 Å². The van der Waals surface area contributed by atoms with E-state index in [9.17, 15) is 18.4 Å². The van der Waals surface area contributed by atoms with Gasteiger partial charge in [-0.15, -0.1) is 0 Å². The minimum absolute atomic E-state index is 0.0676. The third-order valence-corrected chi connectivity index (χ3v) is 5.86. The highest BCUT2D eigenvalue weighted by Crippen LogP contribution is 2.35. The molecular formula is C25H15BrF2N4O3. The van der Waals surface area contributed by atoms with Crippen LogP contribution in [0.1, 0.15) is 10.4 Å². The first-order valence-corrected chi connectivity index (χ1v) is 11.1. The molecule has 3 heterocycles. The summed E-state index contributed by atoms with van der Waals surface area (Å²) in [6, 6.07) is 14.0. The molecule has 3 aromatic heterocycles. The van der Waals surface area contributed by atoms with Gasteiger partial charge in [0.25, 0.3) is 11.5 Å². The fraction of sp³-hybridized carbons (Fsp3) is 0. The zero-order valence-electron chi connectivity index (χ0n) is 17.8. The minimum atomic E-state index is -0.733. The van der Waals surface area contributed by atoms with Crippen molar-refractivity contribution in [1.82, 2.24) is 14.5 Å². The fourth-order valence-electron chi connectivity index (χ4n) is 3.51. The van der Waals surface area contributed by atoms with Crippen molar-refractivity contribution in [3.8, 4) is 17.2 Å². The van der Waals surface area contributed by atoms with Crippen LogP contribution in [0, 0.1) is 11.6 Å². The monoisotopic (exact) mass is 536 g/mol. The number of ether oxygens (including phenoxy) is 1. The number of benzene rings is 2. The summed E-state index contributed by atoms with van der Waals surface area (Å²) < 4.78 is 35.4. The molecule has 0 atom stereocenters. The molecule has 0 spiro atoms. The van der Waals surface area contributed by atoms with Crippen molar-refractivity contribution in [2.24, 2.45) is 0 Å². The summed E-state index contributed by atoms with van der Waals surface area (Å²) >= 11 is 3.32.